The lowest BCUT2D eigenvalue weighted by molar-refractivity contribution is 0.0211. The Bertz CT molecular complexity index is 1020. The molecule has 0 saturated carbocycles. The predicted octanol–water partition coefficient (Wildman–Crippen LogP) is 5.31. The van der Waals surface area contributed by atoms with Crippen molar-refractivity contribution in [3.63, 3.8) is 0 Å². The van der Waals surface area contributed by atoms with E-state index in [4.69, 9.17) is 4.42 Å². The molecule has 154 valence electrons. The molecule has 2 atom stereocenters. The Morgan fingerprint density at radius 3 is 2.50 bits per heavy atom. The monoisotopic (exact) mass is 418 g/mol. The van der Waals surface area contributed by atoms with Gasteiger partial charge >= 0.3 is 0 Å². The fraction of sp³-hybridized carbons (Fsp3) is 0.320. The van der Waals surface area contributed by atoms with E-state index < -0.39 is 0 Å². The molecular formula is C25H26N2O2S. The third-order valence-corrected chi connectivity index (χ3v) is 7.51. The van der Waals surface area contributed by atoms with Crippen molar-refractivity contribution >= 4 is 17.7 Å². The molecule has 2 bridgehead atoms. The van der Waals surface area contributed by atoms with Crippen LogP contribution in [0.4, 0.5) is 0 Å². The average Bonchev–Trinajstić information content (AvgIpc) is 3.28. The van der Waals surface area contributed by atoms with E-state index in [1.165, 1.54) is 17.7 Å². The third-order valence-electron chi connectivity index (χ3n) is 6.43. The second-order valence-corrected chi connectivity index (χ2v) is 9.30. The van der Waals surface area contributed by atoms with Crippen molar-refractivity contribution < 1.29 is 9.21 Å². The molecule has 1 aromatic heterocycles. The van der Waals surface area contributed by atoms with Gasteiger partial charge in [-0.3, -0.25) is 9.69 Å². The number of carbonyl (C=O) groups excluding carboxylic acids is 1. The first-order valence-corrected chi connectivity index (χ1v) is 11.5. The zero-order chi connectivity index (χ0) is 20.5. The topological polar surface area (TPSA) is 45.5 Å². The van der Waals surface area contributed by atoms with Crippen LogP contribution in [0.25, 0.3) is 11.3 Å². The van der Waals surface area contributed by atoms with Gasteiger partial charge in [0.15, 0.2) is 5.76 Å². The van der Waals surface area contributed by atoms with Crippen molar-refractivity contribution in [2.45, 2.75) is 41.6 Å². The van der Waals surface area contributed by atoms with Crippen LogP contribution in [0.5, 0.6) is 0 Å². The molecule has 30 heavy (non-hydrogen) atoms. The molecule has 6 rings (SSSR count). The summed E-state index contributed by atoms with van der Waals surface area (Å²) in [6, 6.07) is 22.7. The van der Waals surface area contributed by atoms with Gasteiger partial charge in [0.1, 0.15) is 5.76 Å². The zero-order valence-corrected chi connectivity index (χ0v) is 17.9. The molecule has 5 heteroatoms. The zero-order valence-electron chi connectivity index (χ0n) is 17.1. The Hall–Kier alpha value is -2.50. The van der Waals surface area contributed by atoms with Crippen molar-refractivity contribution in [2.75, 3.05) is 13.1 Å². The van der Waals surface area contributed by atoms with Crippen LogP contribution >= 0.6 is 11.8 Å². The number of piperidine rings is 3. The van der Waals surface area contributed by atoms with E-state index in [0.717, 1.165) is 29.3 Å². The van der Waals surface area contributed by atoms with Gasteiger partial charge in [0.25, 0.3) is 5.91 Å². The van der Waals surface area contributed by atoms with Gasteiger partial charge < -0.3 is 9.73 Å². The van der Waals surface area contributed by atoms with Crippen LogP contribution in [0.15, 0.2) is 80.9 Å². The highest BCUT2D eigenvalue weighted by atomic mass is 32.2. The van der Waals surface area contributed by atoms with Crippen molar-refractivity contribution in [1.29, 1.82) is 0 Å². The van der Waals surface area contributed by atoms with Gasteiger partial charge in [-0.25, -0.2) is 0 Å². The number of fused-ring (bicyclic) bond motifs is 3. The normalized spacial score (nSPS) is 25.2. The first-order chi connectivity index (χ1) is 14.7. The molecule has 1 amide bonds. The number of hydrogen-bond donors (Lipinski definition) is 1. The van der Waals surface area contributed by atoms with Gasteiger partial charge in [-0.05, 0) is 69.1 Å². The third kappa shape index (κ3) is 3.80. The molecule has 3 saturated heterocycles. The second-order valence-electron chi connectivity index (χ2n) is 8.19. The van der Waals surface area contributed by atoms with E-state index in [2.05, 4.69) is 35.3 Å². The molecule has 3 fully saturated rings. The molecule has 3 aliphatic heterocycles. The van der Waals surface area contributed by atoms with E-state index in [0.29, 0.717) is 17.7 Å². The van der Waals surface area contributed by atoms with Crippen molar-refractivity contribution in [2.24, 2.45) is 5.92 Å². The van der Waals surface area contributed by atoms with Gasteiger partial charge in [-0.15, -0.1) is 0 Å². The Labute approximate surface area is 181 Å². The summed E-state index contributed by atoms with van der Waals surface area (Å²) >= 11 is 1.70. The predicted molar refractivity (Wildman–Crippen MR) is 120 cm³/mol. The quantitative estimate of drug-likeness (QED) is 0.610. The SMILES string of the molecule is CC1C(NC(=O)c2ccc(-c3ccccc3Sc3ccccc3)o2)C2CCN1CC2. The molecule has 1 N–H and O–H groups in total. The Balaban J connectivity index is 1.34. The van der Waals surface area contributed by atoms with Gasteiger partial charge in [0.2, 0.25) is 0 Å². The minimum atomic E-state index is -0.111. The largest absolute Gasteiger partial charge is 0.451 e. The van der Waals surface area contributed by atoms with Crippen LogP contribution < -0.4 is 5.32 Å². The molecule has 0 spiro atoms. The van der Waals surface area contributed by atoms with Crippen LogP contribution in [0.2, 0.25) is 0 Å². The fourth-order valence-corrected chi connectivity index (χ4v) is 5.72. The lowest BCUT2D eigenvalue weighted by Gasteiger charge is -2.49. The second kappa shape index (κ2) is 8.32. The van der Waals surface area contributed by atoms with Gasteiger partial charge in [-0.2, -0.15) is 0 Å². The first kappa shape index (κ1) is 19.5. The summed E-state index contributed by atoms with van der Waals surface area (Å²) in [7, 11) is 0. The summed E-state index contributed by atoms with van der Waals surface area (Å²) in [4.78, 5) is 17.7. The van der Waals surface area contributed by atoms with Gasteiger partial charge in [-0.1, -0.05) is 48.2 Å². The first-order valence-electron chi connectivity index (χ1n) is 10.7. The van der Waals surface area contributed by atoms with Gasteiger partial charge in [0.05, 0.1) is 0 Å². The van der Waals surface area contributed by atoms with Crippen LogP contribution in [-0.2, 0) is 0 Å². The molecule has 0 aliphatic carbocycles. The van der Waals surface area contributed by atoms with E-state index in [9.17, 15) is 4.79 Å². The summed E-state index contributed by atoms with van der Waals surface area (Å²) in [6.45, 7) is 4.53. The lowest BCUT2D eigenvalue weighted by Crippen LogP contribution is -2.62. The summed E-state index contributed by atoms with van der Waals surface area (Å²) in [5, 5.41) is 3.26. The van der Waals surface area contributed by atoms with E-state index in [1.807, 2.05) is 42.5 Å². The number of benzene rings is 2. The number of rotatable bonds is 5. The summed E-state index contributed by atoms with van der Waals surface area (Å²) < 4.78 is 6.03. The molecule has 3 aromatic rings. The van der Waals surface area contributed by atoms with Crippen molar-refractivity contribution in [3.8, 4) is 11.3 Å². The maximum atomic E-state index is 12.9. The highest BCUT2D eigenvalue weighted by Gasteiger charge is 2.40. The molecular weight excluding hydrogens is 392 g/mol. The number of nitrogens with one attached hydrogen (secondary N) is 1. The number of amides is 1. The van der Waals surface area contributed by atoms with E-state index in [-0.39, 0.29) is 11.9 Å². The summed E-state index contributed by atoms with van der Waals surface area (Å²) in [5.74, 6) is 1.57. The number of nitrogens with zero attached hydrogens (tertiary/aromatic N) is 1. The number of furan rings is 1. The average molecular weight is 419 g/mol. The summed E-state index contributed by atoms with van der Waals surface area (Å²) in [6.07, 6.45) is 2.34. The Kier molecular flexibility index (Phi) is 5.40. The fourth-order valence-electron chi connectivity index (χ4n) is 4.75. The molecule has 3 aliphatic rings. The van der Waals surface area contributed by atoms with Gasteiger partial charge in [0, 0.05) is 27.4 Å². The molecule has 4 heterocycles. The highest BCUT2D eigenvalue weighted by Crippen LogP contribution is 2.37. The molecule has 2 aromatic carbocycles. The van der Waals surface area contributed by atoms with E-state index >= 15 is 0 Å². The Morgan fingerprint density at radius 1 is 1.00 bits per heavy atom. The minimum absolute atomic E-state index is 0.111. The maximum Gasteiger partial charge on any atom is 0.287 e. The van der Waals surface area contributed by atoms with E-state index in [1.54, 1.807) is 17.8 Å². The molecule has 4 nitrogen and oxygen atoms in total. The van der Waals surface area contributed by atoms with Crippen LogP contribution in [0.3, 0.4) is 0 Å². The Morgan fingerprint density at radius 2 is 1.73 bits per heavy atom. The molecule has 0 radical (unpaired) electrons. The van der Waals surface area contributed by atoms with Crippen LogP contribution in [0, 0.1) is 5.92 Å². The minimum Gasteiger partial charge on any atom is -0.451 e. The number of carbonyl (C=O) groups is 1. The van der Waals surface area contributed by atoms with Crippen LogP contribution in [0.1, 0.15) is 30.3 Å². The number of hydrogen-bond acceptors (Lipinski definition) is 4. The maximum absolute atomic E-state index is 12.9. The smallest absolute Gasteiger partial charge is 0.287 e. The standard InChI is InChI=1S/C25H26N2O2S/c1-17-24(18-13-15-27(17)16-14-18)26-25(28)22-12-11-21(29-22)20-9-5-6-10-23(20)30-19-7-3-2-4-8-19/h2-12,17-18,24H,13-16H2,1H3,(H,26,28). The van der Waals surface area contributed by atoms with Crippen molar-refractivity contribution in [1.82, 2.24) is 10.2 Å². The molecule has 2 unspecified atom stereocenters. The highest BCUT2D eigenvalue weighted by molar-refractivity contribution is 7.99. The van der Waals surface area contributed by atoms with Crippen LogP contribution in [-0.4, -0.2) is 36.0 Å². The summed E-state index contributed by atoms with van der Waals surface area (Å²) in [5.41, 5.74) is 1.00. The lowest BCUT2D eigenvalue weighted by atomic mass is 9.79. The van der Waals surface area contributed by atoms with Crippen molar-refractivity contribution in [3.05, 3.63) is 72.5 Å².